The Labute approximate surface area is 109 Å². The molecular weight excluding hydrogens is 218 g/mol. The van der Waals surface area contributed by atoms with E-state index in [-0.39, 0.29) is 6.04 Å². The van der Waals surface area contributed by atoms with Gasteiger partial charge >= 0.3 is 0 Å². The van der Waals surface area contributed by atoms with Crippen LogP contribution in [0, 0.1) is 12.8 Å². The molecule has 0 saturated heterocycles. The Kier molecular flexibility index (Phi) is 2.92. The minimum absolute atomic E-state index is 0.196. The van der Waals surface area contributed by atoms with Crippen molar-refractivity contribution >= 4 is 0 Å². The standard InChI is InChI=1S/C17H19N/c1-12-5-4-6-13(9-12)10-15-11-14-7-2-3-8-16(14)17(15)18/h2-9,15,17H,10-11,18H2,1H3. The van der Waals surface area contributed by atoms with Gasteiger partial charge in [0.05, 0.1) is 0 Å². The Balaban J connectivity index is 1.81. The highest BCUT2D eigenvalue weighted by Crippen LogP contribution is 2.36. The fraction of sp³-hybridized carbons (Fsp3) is 0.294. The van der Waals surface area contributed by atoms with Gasteiger partial charge in [0.15, 0.2) is 0 Å². The van der Waals surface area contributed by atoms with Crippen LogP contribution >= 0.6 is 0 Å². The summed E-state index contributed by atoms with van der Waals surface area (Å²) in [7, 11) is 0. The van der Waals surface area contributed by atoms with E-state index in [4.69, 9.17) is 5.73 Å². The van der Waals surface area contributed by atoms with Crippen molar-refractivity contribution in [2.75, 3.05) is 0 Å². The molecule has 2 N–H and O–H groups in total. The summed E-state index contributed by atoms with van der Waals surface area (Å²) in [6.07, 6.45) is 2.20. The lowest BCUT2D eigenvalue weighted by Gasteiger charge is -2.16. The number of hydrogen-bond acceptors (Lipinski definition) is 1. The van der Waals surface area contributed by atoms with Gasteiger partial charge in [0.2, 0.25) is 0 Å². The summed E-state index contributed by atoms with van der Waals surface area (Å²) >= 11 is 0. The zero-order chi connectivity index (χ0) is 12.5. The lowest BCUT2D eigenvalue weighted by Crippen LogP contribution is -2.18. The molecule has 0 bridgehead atoms. The van der Waals surface area contributed by atoms with Crippen LogP contribution < -0.4 is 5.73 Å². The Hall–Kier alpha value is -1.60. The molecule has 1 aliphatic carbocycles. The minimum atomic E-state index is 0.196. The van der Waals surface area contributed by atoms with Crippen molar-refractivity contribution in [1.29, 1.82) is 0 Å². The average Bonchev–Trinajstić information content (AvgIpc) is 2.67. The molecule has 0 radical (unpaired) electrons. The van der Waals surface area contributed by atoms with Gasteiger partial charge in [0.25, 0.3) is 0 Å². The molecule has 0 aromatic heterocycles. The Morgan fingerprint density at radius 1 is 1.11 bits per heavy atom. The maximum Gasteiger partial charge on any atom is 0.0332 e. The Bertz CT molecular complexity index is 559. The van der Waals surface area contributed by atoms with E-state index in [9.17, 15) is 0 Å². The first-order valence-corrected chi connectivity index (χ1v) is 6.63. The first kappa shape index (κ1) is 11.5. The van der Waals surface area contributed by atoms with Gasteiger partial charge in [-0.05, 0) is 42.4 Å². The van der Waals surface area contributed by atoms with Crippen LogP contribution in [-0.2, 0) is 12.8 Å². The topological polar surface area (TPSA) is 26.0 Å². The molecule has 0 fully saturated rings. The van der Waals surface area contributed by atoms with Gasteiger partial charge in [0.1, 0.15) is 0 Å². The molecule has 2 unspecified atom stereocenters. The van der Waals surface area contributed by atoms with Crippen molar-refractivity contribution < 1.29 is 0 Å². The van der Waals surface area contributed by atoms with E-state index < -0.39 is 0 Å². The number of rotatable bonds is 2. The Morgan fingerprint density at radius 3 is 2.72 bits per heavy atom. The predicted molar refractivity (Wildman–Crippen MR) is 75.4 cm³/mol. The molecule has 1 heteroatoms. The van der Waals surface area contributed by atoms with Crippen LogP contribution in [0.3, 0.4) is 0 Å². The van der Waals surface area contributed by atoms with Crippen molar-refractivity contribution in [3.8, 4) is 0 Å². The van der Waals surface area contributed by atoms with E-state index in [0.717, 1.165) is 12.8 Å². The summed E-state index contributed by atoms with van der Waals surface area (Å²) in [6, 6.07) is 17.6. The van der Waals surface area contributed by atoms with E-state index in [1.54, 1.807) is 0 Å². The number of fused-ring (bicyclic) bond motifs is 1. The second-order valence-corrected chi connectivity index (χ2v) is 5.38. The van der Waals surface area contributed by atoms with Crippen molar-refractivity contribution in [1.82, 2.24) is 0 Å². The summed E-state index contributed by atoms with van der Waals surface area (Å²) in [5.41, 5.74) is 11.9. The second kappa shape index (κ2) is 4.58. The van der Waals surface area contributed by atoms with Gasteiger partial charge in [-0.25, -0.2) is 0 Å². The van der Waals surface area contributed by atoms with Crippen molar-refractivity contribution in [3.63, 3.8) is 0 Å². The van der Waals surface area contributed by atoms with E-state index in [1.807, 2.05) is 0 Å². The zero-order valence-corrected chi connectivity index (χ0v) is 10.8. The minimum Gasteiger partial charge on any atom is -0.324 e. The van der Waals surface area contributed by atoms with Gasteiger partial charge in [-0.3, -0.25) is 0 Å². The van der Waals surface area contributed by atoms with E-state index in [1.165, 1.54) is 22.3 Å². The van der Waals surface area contributed by atoms with E-state index in [2.05, 4.69) is 55.5 Å². The first-order valence-electron chi connectivity index (χ1n) is 6.63. The fourth-order valence-corrected chi connectivity index (χ4v) is 3.05. The molecular formula is C17H19N. The average molecular weight is 237 g/mol. The van der Waals surface area contributed by atoms with Crippen LogP contribution in [0.5, 0.6) is 0 Å². The maximum absolute atomic E-state index is 6.38. The molecule has 2 aromatic carbocycles. The van der Waals surface area contributed by atoms with Crippen molar-refractivity contribution in [2.24, 2.45) is 11.7 Å². The smallest absolute Gasteiger partial charge is 0.0332 e. The number of benzene rings is 2. The van der Waals surface area contributed by atoms with Crippen LogP contribution in [-0.4, -0.2) is 0 Å². The molecule has 0 aliphatic heterocycles. The summed E-state index contributed by atoms with van der Waals surface area (Å²) in [6.45, 7) is 2.15. The van der Waals surface area contributed by atoms with Gasteiger partial charge in [-0.1, -0.05) is 54.1 Å². The third-order valence-electron chi connectivity index (χ3n) is 3.98. The van der Waals surface area contributed by atoms with Gasteiger partial charge in [-0.15, -0.1) is 0 Å². The predicted octanol–water partition coefficient (Wildman–Crippen LogP) is 3.41. The van der Waals surface area contributed by atoms with Crippen LogP contribution in [0.4, 0.5) is 0 Å². The maximum atomic E-state index is 6.38. The van der Waals surface area contributed by atoms with Crippen molar-refractivity contribution in [3.05, 3.63) is 70.8 Å². The molecule has 92 valence electrons. The summed E-state index contributed by atoms with van der Waals surface area (Å²) < 4.78 is 0. The van der Waals surface area contributed by atoms with Gasteiger partial charge < -0.3 is 5.73 Å². The summed E-state index contributed by atoms with van der Waals surface area (Å²) in [5.74, 6) is 0.546. The van der Waals surface area contributed by atoms with Crippen LogP contribution in [0.2, 0.25) is 0 Å². The monoisotopic (exact) mass is 237 g/mol. The number of nitrogens with two attached hydrogens (primary N) is 1. The third kappa shape index (κ3) is 2.06. The molecule has 0 spiro atoms. The first-order chi connectivity index (χ1) is 8.74. The number of aryl methyl sites for hydroxylation is 1. The molecule has 1 nitrogen and oxygen atoms in total. The lowest BCUT2D eigenvalue weighted by atomic mass is 9.93. The SMILES string of the molecule is Cc1cccc(CC2Cc3ccccc3C2N)c1. The molecule has 2 atom stereocenters. The molecule has 3 rings (SSSR count). The number of hydrogen-bond donors (Lipinski definition) is 1. The quantitative estimate of drug-likeness (QED) is 0.851. The molecule has 2 aromatic rings. The summed E-state index contributed by atoms with van der Waals surface area (Å²) in [5, 5.41) is 0. The van der Waals surface area contributed by atoms with E-state index >= 15 is 0 Å². The van der Waals surface area contributed by atoms with Gasteiger partial charge in [0, 0.05) is 6.04 Å². The van der Waals surface area contributed by atoms with Crippen molar-refractivity contribution in [2.45, 2.75) is 25.8 Å². The van der Waals surface area contributed by atoms with Gasteiger partial charge in [-0.2, -0.15) is 0 Å². The zero-order valence-electron chi connectivity index (χ0n) is 10.8. The molecule has 0 saturated carbocycles. The van der Waals surface area contributed by atoms with Crippen LogP contribution in [0.15, 0.2) is 48.5 Å². The highest BCUT2D eigenvalue weighted by atomic mass is 14.7. The largest absolute Gasteiger partial charge is 0.324 e. The Morgan fingerprint density at radius 2 is 1.94 bits per heavy atom. The molecule has 1 aliphatic rings. The highest BCUT2D eigenvalue weighted by molar-refractivity contribution is 5.36. The van der Waals surface area contributed by atoms with Crippen LogP contribution in [0.25, 0.3) is 0 Å². The third-order valence-corrected chi connectivity index (χ3v) is 3.98. The normalized spacial score (nSPS) is 21.9. The van der Waals surface area contributed by atoms with E-state index in [0.29, 0.717) is 5.92 Å². The van der Waals surface area contributed by atoms with Crippen LogP contribution in [0.1, 0.15) is 28.3 Å². The molecule has 18 heavy (non-hydrogen) atoms. The molecule has 0 heterocycles. The fourth-order valence-electron chi connectivity index (χ4n) is 3.05. The second-order valence-electron chi connectivity index (χ2n) is 5.38. The highest BCUT2D eigenvalue weighted by Gasteiger charge is 2.29. The lowest BCUT2D eigenvalue weighted by molar-refractivity contribution is 0.465. The molecule has 0 amide bonds. The summed E-state index contributed by atoms with van der Waals surface area (Å²) in [4.78, 5) is 0.